The molecule has 150 valence electrons. The number of hydrogen-bond acceptors (Lipinski definition) is 8. The molecule has 3 heterocycles. The van der Waals surface area contributed by atoms with Crippen molar-refractivity contribution < 1.29 is 14.3 Å². The van der Waals surface area contributed by atoms with Crippen LogP contribution < -0.4 is 10.1 Å². The highest BCUT2D eigenvalue weighted by Gasteiger charge is 2.28. The number of pyridine rings is 2. The lowest BCUT2D eigenvalue weighted by Gasteiger charge is -2.21. The molecule has 0 amide bonds. The Morgan fingerprint density at radius 1 is 1.24 bits per heavy atom. The molecule has 0 spiro atoms. The third kappa shape index (κ3) is 4.43. The third-order valence-corrected chi connectivity index (χ3v) is 4.05. The van der Waals surface area contributed by atoms with Crippen molar-refractivity contribution in [2.24, 2.45) is 7.05 Å². The first-order chi connectivity index (χ1) is 13.7. The fourth-order valence-electron chi connectivity index (χ4n) is 2.71. The maximum Gasteiger partial charge on any atom is 0.330 e. The molecule has 0 aliphatic heterocycles. The number of ether oxygens (including phenoxy) is 2. The van der Waals surface area contributed by atoms with Gasteiger partial charge in [0.05, 0.1) is 43.1 Å². The molecule has 0 aliphatic rings. The van der Waals surface area contributed by atoms with Crippen LogP contribution in [0.25, 0.3) is 11.0 Å². The topological polar surface area (TPSA) is 115 Å². The van der Waals surface area contributed by atoms with Gasteiger partial charge in [0, 0.05) is 19.2 Å². The highest BCUT2D eigenvalue weighted by atomic mass is 16.6. The van der Waals surface area contributed by atoms with E-state index in [0.717, 1.165) is 11.0 Å². The Morgan fingerprint density at radius 3 is 2.66 bits per heavy atom. The van der Waals surface area contributed by atoms with Crippen molar-refractivity contribution in [1.82, 2.24) is 19.5 Å². The maximum absolute atomic E-state index is 12.3. The molecule has 0 aliphatic carbocycles. The number of rotatable bonds is 5. The predicted octanol–water partition coefficient (Wildman–Crippen LogP) is 3.06. The first-order valence-electron chi connectivity index (χ1n) is 8.92. The van der Waals surface area contributed by atoms with Gasteiger partial charge in [0.1, 0.15) is 28.4 Å². The summed E-state index contributed by atoms with van der Waals surface area (Å²) in [5, 5.41) is 12.6. The summed E-state index contributed by atoms with van der Waals surface area (Å²) in [6, 6.07) is 5.35. The van der Waals surface area contributed by atoms with Crippen molar-refractivity contribution in [2.45, 2.75) is 32.3 Å². The number of hydrogen-bond donors (Lipinski definition) is 1. The summed E-state index contributed by atoms with van der Waals surface area (Å²) < 4.78 is 12.6. The number of carbonyl (C=O) groups excluding carboxylic acids is 1. The van der Waals surface area contributed by atoms with Gasteiger partial charge in [-0.25, -0.2) is 9.97 Å². The minimum Gasteiger partial charge on any atom is -0.494 e. The first-order valence-corrected chi connectivity index (χ1v) is 8.92. The largest absolute Gasteiger partial charge is 0.494 e. The van der Waals surface area contributed by atoms with Crippen LogP contribution in [0.2, 0.25) is 0 Å². The zero-order chi connectivity index (χ0) is 21.2. The van der Waals surface area contributed by atoms with E-state index in [1.54, 1.807) is 39.4 Å². The van der Waals surface area contributed by atoms with Crippen LogP contribution in [0, 0.1) is 11.3 Å². The Hall–Kier alpha value is -3.67. The second kappa shape index (κ2) is 7.75. The van der Waals surface area contributed by atoms with Crippen molar-refractivity contribution in [1.29, 1.82) is 5.26 Å². The molecule has 3 rings (SSSR count). The molecule has 1 unspecified atom stereocenters. The number of anilines is 2. The average Bonchev–Trinajstić information content (AvgIpc) is 3.02. The van der Waals surface area contributed by atoms with Gasteiger partial charge in [-0.1, -0.05) is 0 Å². The lowest BCUT2D eigenvalue weighted by atomic mass is 10.1. The van der Waals surface area contributed by atoms with Crippen LogP contribution in [-0.4, -0.2) is 38.2 Å². The van der Waals surface area contributed by atoms with Gasteiger partial charge in [-0.15, -0.1) is 0 Å². The van der Waals surface area contributed by atoms with Crippen LogP contribution in [-0.2, 0) is 16.6 Å². The van der Waals surface area contributed by atoms with Gasteiger partial charge >= 0.3 is 5.97 Å². The Bertz CT molecular complexity index is 1090. The van der Waals surface area contributed by atoms with Crippen LogP contribution >= 0.6 is 0 Å². The monoisotopic (exact) mass is 394 g/mol. The van der Waals surface area contributed by atoms with E-state index in [0.29, 0.717) is 17.3 Å². The van der Waals surface area contributed by atoms with Crippen LogP contribution in [0.15, 0.2) is 30.9 Å². The maximum atomic E-state index is 12.3. The van der Waals surface area contributed by atoms with E-state index in [1.165, 1.54) is 13.3 Å². The lowest BCUT2D eigenvalue weighted by molar-refractivity contribution is -0.155. The number of esters is 1. The van der Waals surface area contributed by atoms with Gasteiger partial charge in [0.15, 0.2) is 5.92 Å². The second-order valence-corrected chi connectivity index (χ2v) is 7.44. The Morgan fingerprint density at radius 2 is 2.00 bits per heavy atom. The van der Waals surface area contributed by atoms with E-state index >= 15 is 0 Å². The highest BCUT2D eigenvalue weighted by molar-refractivity contribution is 5.82. The Labute approximate surface area is 168 Å². The third-order valence-electron chi connectivity index (χ3n) is 4.05. The molecule has 0 radical (unpaired) electrons. The van der Waals surface area contributed by atoms with E-state index < -0.39 is 17.5 Å². The van der Waals surface area contributed by atoms with E-state index in [4.69, 9.17) is 9.47 Å². The van der Waals surface area contributed by atoms with Gasteiger partial charge in [-0.3, -0.25) is 9.78 Å². The molecule has 0 bridgehead atoms. The van der Waals surface area contributed by atoms with Crippen molar-refractivity contribution >= 4 is 28.5 Å². The first kappa shape index (κ1) is 20.1. The van der Waals surface area contributed by atoms with Gasteiger partial charge in [0.25, 0.3) is 0 Å². The minimum absolute atomic E-state index is 0.249. The van der Waals surface area contributed by atoms with Crippen LogP contribution in [0.1, 0.15) is 32.4 Å². The van der Waals surface area contributed by atoms with Crippen LogP contribution in [0.4, 0.5) is 11.5 Å². The number of fused-ring (bicyclic) bond motifs is 1. The fraction of sp³-hybridized carbons (Fsp3) is 0.350. The predicted molar refractivity (Wildman–Crippen MR) is 107 cm³/mol. The molecule has 9 nitrogen and oxygen atoms in total. The van der Waals surface area contributed by atoms with Gasteiger partial charge < -0.3 is 19.4 Å². The smallest absolute Gasteiger partial charge is 0.330 e. The van der Waals surface area contributed by atoms with E-state index in [9.17, 15) is 10.1 Å². The minimum atomic E-state index is -1.15. The van der Waals surface area contributed by atoms with Crippen molar-refractivity contribution in [2.75, 3.05) is 12.4 Å². The number of carbonyl (C=O) groups is 1. The van der Waals surface area contributed by atoms with E-state index in [-0.39, 0.29) is 5.69 Å². The molecule has 0 saturated heterocycles. The quantitative estimate of drug-likeness (QED) is 0.657. The molecule has 9 heteroatoms. The molecule has 1 atom stereocenters. The second-order valence-electron chi connectivity index (χ2n) is 7.44. The van der Waals surface area contributed by atoms with Crippen LogP contribution in [0.3, 0.4) is 0 Å². The molecule has 0 aromatic carbocycles. The summed E-state index contributed by atoms with van der Waals surface area (Å²) in [6.45, 7) is 5.23. The normalized spacial score (nSPS) is 12.3. The zero-order valence-corrected chi connectivity index (χ0v) is 16.9. The average molecular weight is 394 g/mol. The van der Waals surface area contributed by atoms with Crippen molar-refractivity contribution in [3.8, 4) is 11.8 Å². The Balaban J connectivity index is 1.88. The number of methoxy groups -OCH3 is 1. The highest BCUT2D eigenvalue weighted by Crippen LogP contribution is 2.30. The summed E-state index contributed by atoms with van der Waals surface area (Å²) in [5.74, 6) is -0.802. The SMILES string of the molecule is COc1cc(C(C#N)C(=O)OC(C)(C)C)ncc1Nc1cc2c(cn1)ncn2C. The summed E-state index contributed by atoms with van der Waals surface area (Å²) in [4.78, 5) is 25.2. The molecular formula is C20H22N6O3. The molecular weight excluding hydrogens is 372 g/mol. The molecule has 3 aromatic heterocycles. The number of nitriles is 1. The summed E-state index contributed by atoms with van der Waals surface area (Å²) in [5.41, 5.74) is 1.80. The van der Waals surface area contributed by atoms with E-state index in [2.05, 4.69) is 20.3 Å². The molecule has 29 heavy (non-hydrogen) atoms. The molecule has 0 fully saturated rings. The number of aromatic nitrogens is 4. The summed E-state index contributed by atoms with van der Waals surface area (Å²) >= 11 is 0. The summed E-state index contributed by atoms with van der Waals surface area (Å²) in [7, 11) is 3.39. The lowest BCUT2D eigenvalue weighted by Crippen LogP contribution is -2.27. The van der Waals surface area contributed by atoms with Gasteiger partial charge in [0.2, 0.25) is 0 Å². The molecule has 3 aromatic rings. The number of aryl methyl sites for hydroxylation is 1. The summed E-state index contributed by atoms with van der Waals surface area (Å²) in [6.07, 6.45) is 4.88. The Kier molecular flexibility index (Phi) is 5.37. The van der Waals surface area contributed by atoms with Gasteiger partial charge in [-0.05, 0) is 20.8 Å². The number of nitrogens with one attached hydrogen (secondary N) is 1. The van der Waals surface area contributed by atoms with Crippen molar-refractivity contribution in [3.05, 3.63) is 36.5 Å². The molecule has 1 N–H and O–H groups in total. The van der Waals surface area contributed by atoms with E-state index in [1.807, 2.05) is 23.8 Å². The van der Waals surface area contributed by atoms with Gasteiger partial charge in [-0.2, -0.15) is 5.26 Å². The number of imidazole rings is 1. The fourth-order valence-corrected chi connectivity index (χ4v) is 2.71. The zero-order valence-electron chi connectivity index (χ0n) is 16.9. The van der Waals surface area contributed by atoms with Crippen molar-refractivity contribution in [3.63, 3.8) is 0 Å². The number of nitrogens with zero attached hydrogens (tertiary/aromatic N) is 5. The standard InChI is InChI=1S/C20H22N6O3/c1-20(2,3)29-19(27)12(8-21)13-6-17(28-5)15(10-22-13)25-18-7-16-14(9-23-18)24-11-26(16)4/h6-7,9-12H,1-5H3,(H,23,25). The molecule has 0 saturated carbocycles. The van der Waals surface area contributed by atoms with Crippen LogP contribution in [0.5, 0.6) is 5.75 Å².